The molecule has 1 heterocycles. The van der Waals surface area contributed by atoms with Crippen LogP contribution in [0.15, 0.2) is 72.8 Å². The van der Waals surface area contributed by atoms with Crippen molar-refractivity contribution in [1.82, 2.24) is 0 Å². The first-order valence-electron chi connectivity index (χ1n) is 11.5. The Morgan fingerprint density at radius 2 is 1.73 bits per heavy atom. The van der Waals surface area contributed by atoms with E-state index >= 15 is 0 Å². The Morgan fingerprint density at radius 3 is 2.48 bits per heavy atom. The lowest BCUT2D eigenvalue weighted by Crippen LogP contribution is -2.35. The molecule has 3 aromatic rings. The fraction of sp³-hybridized carbons (Fsp3) is 0.296. The zero-order valence-corrected chi connectivity index (χ0v) is 18.0. The monoisotopic (exact) mass is 440 g/mol. The number of nitrogens with zero attached hydrogens (tertiary/aromatic N) is 1. The number of nitro groups is 1. The second kappa shape index (κ2) is 7.73. The van der Waals surface area contributed by atoms with Crippen molar-refractivity contribution in [1.29, 1.82) is 0 Å². The van der Waals surface area contributed by atoms with Crippen molar-refractivity contribution in [2.24, 2.45) is 17.8 Å². The van der Waals surface area contributed by atoms with E-state index in [1.807, 2.05) is 48.5 Å². The van der Waals surface area contributed by atoms with Gasteiger partial charge in [-0.15, -0.1) is 0 Å². The molecule has 6 rings (SSSR count). The highest BCUT2D eigenvalue weighted by atomic mass is 16.6. The molecule has 6 heteroatoms. The minimum Gasteiger partial charge on any atom is -0.423 e. The Kier molecular flexibility index (Phi) is 4.68. The molecule has 0 spiro atoms. The van der Waals surface area contributed by atoms with Gasteiger partial charge in [0.05, 0.1) is 16.5 Å². The first-order chi connectivity index (χ1) is 16.1. The van der Waals surface area contributed by atoms with E-state index in [0.717, 1.165) is 16.8 Å². The van der Waals surface area contributed by atoms with Gasteiger partial charge in [-0.25, -0.2) is 4.79 Å². The number of non-ortho nitro benzene ring substituents is 1. The second-order valence-electron chi connectivity index (χ2n) is 9.41. The number of nitrogens with one attached hydrogen (secondary N) is 1. The van der Waals surface area contributed by atoms with E-state index in [0.29, 0.717) is 35.0 Å². The van der Waals surface area contributed by atoms with Crippen LogP contribution >= 0.6 is 0 Å². The Bertz CT molecular complexity index is 1220. The topological polar surface area (TPSA) is 81.5 Å². The second-order valence-corrected chi connectivity index (χ2v) is 9.41. The smallest absolute Gasteiger partial charge is 0.343 e. The molecule has 2 aliphatic carbocycles. The highest BCUT2D eigenvalue weighted by Crippen LogP contribution is 2.63. The van der Waals surface area contributed by atoms with Crippen molar-refractivity contribution in [2.45, 2.75) is 31.2 Å². The van der Waals surface area contributed by atoms with Gasteiger partial charge in [0.15, 0.2) is 0 Å². The van der Waals surface area contributed by atoms with Crippen molar-refractivity contribution < 1.29 is 14.5 Å². The van der Waals surface area contributed by atoms with Gasteiger partial charge < -0.3 is 10.1 Å². The molecule has 2 saturated carbocycles. The first kappa shape index (κ1) is 20.0. The quantitative estimate of drug-likeness (QED) is 0.229. The molecule has 0 aromatic heterocycles. The van der Waals surface area contributed by atoms with Crippen molar-refractivity contribution in [3.8, 4) is 5.75 Å². The normalized spacial score (nSPS) is 26.7. The van der Waals surface area contributed by atoms with Gasteiger partial charge in [0.2, 0.25) is 0 Å². The van der Waals surface area contributed by atoms with E-state index < -0.39 is 0 Å². The van der Waals surface area contributed by atoms with Crippen molar-refractivity contribution in [2.75, 3.05) is 5.32 Å². The third-order valence-electron chi connectivity index (χ3n) is 7.74. The van der Waals surface area contributed by atoms with Crippen LogP contribution in [0.1, 0.15) is 52.7 Å². The van der Waals surface area contributed by atoms with Crippen molar-refractivity contribution >= 4 is 17.3 Å². The molecule has 1 N–H and O–H groups in total. The number of benzene rings is 3. The average Bonchev–Trinajstić information content (AvgIpc) is 3.47. The number of rotatable bonds is 4. The fourth-order valence-corrected chi connectivity index (χ4v) is 6.40. The summed E-state index contributed by atoms with van der Waals surface area (Å²) < 4.78 is 5.55. The van der Waals surface area contributed by atoms with Gasteiger partial charge in [-0.2, -0.15) is 0 Å². The largest absolute Gasteiger partial charge is 0.423 e. The molecule has 2 bridgehead atoms. The summed E-state index contributed by atoms with van der Waals surface area (Å²) in [4.78, 5) is 23.4. The molecule has 33 heavy (non-hydrogen) atoms. The lowest BCUT2D eigenvalue weighted by Gasteiger charge is -2.43. The summed E-state index contributed by atoms with van der Waals surface area (Å²) in [5, 5.41) is 15.1. The van der Waals surface area contributed by atoms with Gasteiger partial charge in [-0.1, -0.05) is 30.3 Å². The predicted octanol–water partition coefficient (Wildman–Crippen LogP) is 6.11. The fourth-order valence-electron chi connectivity index (χ4n) is 6.40. The van der Waals surface area contributed by atoms with Crippen LogP contribution < -0.4 is 10.1 Å². The molecule has 0 unspecified atom stereocenters. The van der Waals surface area contributed by atoms with Crippen LogP contribution in [0, 0.1) is 27.9 Å². The summed E-state index contributed by atoms with van der Waals surface area (Å²) in [5.41, 5.74) is 3.94. The van der Waals surface area contributed by atoms with E-state index in [2.05, 4.69) is 5.32 Å². The van der Waals surface area contributed by atoms with Crippen molar-refractivity contribution in [3.05, 3.63) is 99.6 Å². The van der Waals surface area contributed by atoms with Gasteiger partial charge in [0, 0.05) is 17.8 Å². The highest BCUT2D eigenvalue weighted by molar-refractivity contribution is 5.90. The number of hydrogen-bond acceptors (Lipinski definition) is 5. The van der Waals surface area contributed by atoms with Gasteiger partial charge in [0.1, 0.15) is 5.75 Å². The number of hydrogen-bond donors (Lipinski definition) is 1. The maximum atomic E-state index is 12.4. The lowest BCUT2D eigenvalue weighted by atomic mass is 9.68. The molecule has 0 radical (unpaired) electrons. The van der Waals surface area contributed by atoms with Gasteiger partial charge in [-0.05, 0) is 84.4 Å². The zero-order valence-electron chi connectivity index (χ0n) is 18.0. The molecule has 166 valence electrons. The van der Waals surface area contributed by atoms with E-state index in [1.165, 1.54) is 19.3 Å². The highest BCUT2D eigenvalue weighted by Gasteiger charge is 2.54. The van der Waals surface area contributed by atoms with Crippen LogP contribution in [-0.4, -0.2) is 10.9 Å². The maximum Gasteiger partial charge on any atom is 0.343 e. The van der Waals surface area contributed by atoms with Gasteiger partial charge in [0.25, 0.3) is 5.69 Å². The Balaban J connectivity index is 1.29. The summed E-state index contributed by atoms with van der Waals surface area (Å²) in [5.74, 6) is 2.13. The van der Waals surface area contributed by atoms with Gasteiger partial charge >= 0.3 is 5.97 Å². The minimum absolute atomic E-state index is 0.137. The van der Waals surface area contributed by atoms with E-state index in [4.69, 9.17) is 4.74 Å². The molecule has 3 aromatic carbocycles. The van der Waals surface area contributed by atoms with Crippen LogP contribution in [0.4, 0.5) is 11.4 Å². The molecular weight excluding hydrogens is 416 g/mol. The number of ether oxygens (including phenoxy) is 1. The number of carbonyl (C=O) groups excluding carboxylic acids is 1. The third-order valence-corrected chi connectivity index (χ3v) is 7.74. The predicted molar refractivity (Wildman–Crippen MR) is 124 cm³/mol. The summed E-state index contributed by atoms with van der Waals surface area (Å²) in [6, 6.07) is 22.1. The molecular formula is C27H24N2O4. The average molecular weight is 440 g/mol. The van der Waals surface area contributed by atoms with Crippen molar-refractivity contribution in [3.63, 3.8) is 0 Å². The Morgan fingerprint density at radius 1 is 0.970 bits per heavy atom. The summed E-state index contributed by atoms with van der Waals surface area (Å²) in [6.07, 6.45) is 3.62. The van der Waals surface area contributed by atoms with Crippen LogP contribution in [0.5, 0.6) is 5.75 Å². The third kappa shape index (κ3) is 3.37. The number of nitro benzene ring substituents is 1. The summed E-state index contributed by atoms with van der Waals surface area (Å²) in [7, 11) is 0. The molecule has 2 fully saturated rings. The molecule has 3 aliphatic rings. The molecule has 0 amide bonds. The molecule has 6 nitrogen and oxygen atoms in total. The number of anilines is 1. The lowest BCUT2D eigenvalue weighted by molar-refractivity contribution is -0.384. The molecule has 1 aliphatic heterocycles. The Labute approximate surface area is 191 Å². The van der Waals surface area contributed by atoms with Crippen LogP contribution in [0.2, 0.25) is 0 Å². The van der Waals surface area contributed by atoms with Gasteiger partial charge in [-0.3, -0.25) is 10.1 Å². The standard InChI is InChI=1S/C27H24N2O4/c30-27(17-4-2-1-3-5-17)33-21-11-8-16(9-12-21)26-25-19-7-6-18(14-19)24(25)22-15-20(29(31)32)10-13-23(22)28-26/h1-5,8-13,15,18-19,24-26,28H,6-7,14H2/t18-,19-,24+,25+,26-/m0/s1. The first-order valence-corrected chi connectivity index (χ1v) is 11.5. The summed E-state index contributed by atoms with van der Waals surface area (Å²) in [6.45, 7) is 0. The Hall–Kier alpha value is -3.67. The number of carbonyl (C=O) groups is 1. The molecule has 0 saturated heterocycles. The van der Waals surface area contributed by atoms with Crippen LogP contribution in [0.25, 0.3) is 0 Å². The van der Waals surface area contributed by atoms with Crippen LogP contribution in [-0.2, 0) is 0 Å². The SMILES string of the molecule is O=C(Oc1ccc([C@@H]2Nc3ccc([N+](=O)[O-])cc3[C@H]3[C@H]4CC[C@@H](C4)[C@H]32)cc1)c1ccccc1. The number of esters is 1. The van der Waals surface area contributed by atoms with E-state index in [-0.39, 0.29) is 22.6 Å². The van der Waals surface area contributed by atoms with E-state index in [9.17, 15) is 14.9 Å². The zero-order chi connectivity index (χ0) is 22.5. The number of fused-ring (bicyclic) bond motifs is 7. The van der Waals surface area contributed by atoms with E-state index in [1.54, 1.807) is 24.3 Å². The molecule has 5 atom stereocenters. The minimum atomic E-state index is -0.372. The maximum absolute atomic E-state index is 12.4. The van der Waals surface area contributed by atoms with Crippen LogP contribution in [0.3, 0.4) is 0 Å². The summed E-state index contributed by atoms with van der Waals surface area (Å²) >= 11 is 0.